The van der Waals surface area contributed by atoms with Crippen LogP contribution in [-0.2, 0) is 17.8 Å². The van der Waals surface area contributed by atoms with Gasteiger partial charge in [-0.3, -0.25) is 4.90 Å². The molecule has 0 N–H and O–H groups in total. The number of nitrogens with zero attached hydrogens (tertiary/aromatic N) is 1. The van der Waals surface area contributed by atoms with E-state index in [1.807, 2.05) is 12.1 Å². The van der Waals surface area contributed by atoms with E-state index in [0.717, 1.165) is 37.3 Å². The number of hydrogen-bond acceptors (Lipinski definition) is 4. The molecule has 0 saturated carbocycles. The summed E-state index contributed by atoms with van der Waals surface area (Å²) in [5.41, 5.74) is 2.50. The van der Waals surface area contributed by atoms with Crippen molar-refractivity contribution < 1.29 is 14.3 Å². The predicted octanol–water partition coefficient (Wildman–Crippen LogP) is 1.26. The molecular formula is C13H17NO3. The Balaban J connectivity index is 2.28. The van der Waals surface area contributed by atoms with Gasteiger partial charge in [-0.05, 0) is 29.7 Å². The molecule has 17 heavy (non-hydrogen) atoms. The minimum atomic E-state index is 0.494. The van der Waals surface area contributed by atoms with Crippen LogP contribution in [0.5, 0.6) is 11.5 Å². The van der Waals surface area contributed by atoms with Gasteiger partial charge in [0, 0.05) is 13.1 Å². The van der Waals surface area contributed by atoms with Crippen molar-refractivity contribution in [3.63, 3.8) is 0 Å². The molecule has 92 valence electrons. The van der Waals surface area contributed by atoms with Gasteiger partial charge in [0.05, 0.1) is 20.8 Å². The van der Waals surface area contributed by atoms with E-state index in [2.05, 4.69) is 4.90 Å². The van der Waals surface area contributed by atoms with Gasteiger partial charge in [-0.15, -0.1) is 0 Å². The number of rotatable bonds is 4. The second-order valence-electron chi connectivity index (χ2n) is 4.13. The fourth-order valence-corrected chi connectivity index (χ4v) is 2.20. The first kappa shape index (κ1) is 11.9. The molecule has 0 atom stereocenters. The zero-order valence-corrected chi connectivity index (χ0v) is 10.2. The Labute approximate surface area is 101 Å². The van der Waals surface area contributed by atoms with Crippen LogP contribution >= 0.6 is 0 Å². The van der Waals surface area contributed by atoms with E-state index in [9.17, 15) is 4.79 Å². The standard InChI is InChI=1S/C13H17NO3/c1-16-12-7-10-3-4-14(5-6-15)9-11(10)8-13(12)17-2/h6-8H,3-5,9H2,1-2H3. The average molecular weight is 235 g/mol. The third kappa shape index (κ3) is 2.42. The largest absolute Gasteiger partial charge is 0.493 e. The fourth-order valence-electron chi connectivity index (χ4n) is 2.20. The lowest BCUT2D eigenvalue weighted by molar-refractivity contribution is -0.109. The smallest absolute Gasteiger partial charge is 0.161 e. The van der Waals surface area contributed by atoms with Crippen LogP contribution in [0, 0.1) is 0 Å². The molecule has 1 aliphatic heterocycles. The topological polar surface area (TPSA) is 38.8 Å². The van der Waals surface area contributed by atoms with E-state index >= 15 is 0 Å². The summed E-state index contributed by atoms with van der Waals surface area (Å²) in [4.78, 5) is 12.6. The highest BCUT2D eigenvalue weighted by Crippen LogP contribution is 2.32. The highest BCUT2D eigenvalue weighted by molar-refractivity contribution is 5.53. The van der Waals surface area contributed by atoms with Crippen molar-refractivity contribution in [2.24, 2.45) is 0 Å². The number of methoxy groups -OCH3 is 2. The molecule has 2 rings (SSSR count). The maximum atomic E-state index is 10.5. The van der Waals surface area contributed by atoms with Crippen LogP contribution in [0.3, 0.4) is 0 Å². The number of benzene rings is 1. The number of fused-ring (bicyclic) bond motifs is 1. The van der Waals surface area contributed by atoms with Crippen molar-refractivity contribution >= 4 is 6.29 Å². The van der Waals surface area contributed by atoms with Gasteiger partial charge in [0.25, 0.3) is 0 Å². The van der Waals surface area contributed by atoms with E-state index in [1.165, 1.54) is 11.1 Å². The van der Waals surface area contributed by atoms with E-state index in [1.54, 1.807) is 14.2 Å². The first-order chi connectivity index (χ1) is 8.28. The van der Waals surface area contributed by atoms with Gasteiger partial charge in [0.15, 0.2) is 11.5 Å². The monoisotopic (exact) mass is 235 g/mol. The Hall–Kier alpha value is -1.55. The third-order valence-corrected chi connectivity index (χ3v) is 3.13. The quantitative estimate of drug-likeness (QED) is 0.736. The minimum Gasteiger partial charge on any atom is -0.493 e. The Bertz CT molecular complexity index is 417. The molecule has 1 aromatic rings. The lowest BCUT2D eigenvalue weighted by atomic mass is 9.99. The lowest BCUT2D eigenvalue weighted by Gasteiger charge is -2.27. The van der Waals surface area contributed by atoms with Crippen LogP contribution in [0.25, 0.3) is 0 Å². The van der Waals surface area contributed by atoms with Crippen molar-refractivity contribution in [2.45, 2.75) is 13.0 Å². The molecular weight excluding hydrogens is 218 g/mol. The summed E-state index contributed by atoms with van der Waals surface area (Å²) in [5, 5.41) is 0. The molecule has 0 spiro atoms. The minimum absolute atomic E-state index is 0.494. The number of carbonyl (C=O) groups is 1. The zero-order chi connectivity index (χ0) is 12.3. The van der Waals surface area contributed by atoms with Gasteiger partial charge >= 0.3 is 0 Å². The molecule has 0 saturated heterocycles. The predicted molar refractivity (Wildman–Crippen MR) is 64.6 cm³/mol. The highest BCUT2D eigenvalue weighted by Gasteiger charge is 2.18. The summed E-state index contributed by atoms with van der Waals surface area (Å²) in [6.07, 6.45) is 1.90. The van der Waals surface area contributed by atoms with E-state index in [4.69, 9.17) is 9.47 Å². The Kier molecular flexibility index (Phi) is 3.64. The zero-order valence-electron chi connectivity index (χ0n) is 10.2. The maximum absolute atomic E-state index is 10.5. The molecule has 0 fully saturated rings. The van der Waals surface area contributed by atoms with Crippen LogP contribution in [0.15, 0.2) is 12.1 Å². The second kappa shape index (κ2) is 5.19. The summed E-state index contributed by atoms with van der Waals surface area (Å²) in [5.74, 6) is 1.52. The second-order valence-corrected chi connectivity index (χ2v) is 4.13. The van der Waals surface area contributed by atoms with Crippen LogP contribution in [-0.4, -0.2) is 38.5 Å². The van der Waals surface area contributed by atoms with Gasteiger partial charge in [0.2, 0.25) is 0 Å². The summed E-state index contributed by atoms with van der Waals surface area (Å²) in [7, 11) is 3.28. The summed E-state index contributed by atoms with van der Waals surface area (Å²) in [6.45, 7) is 2.21. The highest BCUT2D eigenvalue weighted by atomic mass is 16.5. The SMILES string of the molecule is COc1cc2c(cc1OC)CN(CC=O)CC2. The number of carbonyl (C=O) groups excluding carboxylic acids is 1. The Morgan fingerprint density at radius 3 is 2.47 bits per heavy atom. The first-order valence-electron chi connectivity index (χ1n) is 5.68. The number of ether oxygens (including phenoxy) is 2. The first-order valence-corrected chi connectivity index (χ1v) is 5.68. The van der Waals surface area contributed by atoms with Crippen LogP contribution < -0.4 is 9.47 Å². The molecule has 1 heterocycles. The molecule has 0 unspecified atom stereocenters. The maximum Gasteiger partial charge on any atom is 0.161 e. The molecule has 4 nitrogen and oxygen atoms in total. The number of hydrogen-bond donors (Lipinski definition) is 0. The van der Waals surface area contributed by atoms with Crippen molar-refractivity contribution in [1.82, 2.24) is 4.90 Å². The van der Waals surface area contributed by atoms with Crippen LogP contribution in [0.4, 0.5) is 0 Å². The van der Waals surface area contributed by atoms with E-state index in [0.29, 0.717) is 6.54 Å². The summed E-state index contributed by atoms with van der Waals surface area (Å²) in [6, 6.07) is 4.04. The van der Waals surface area contributed by atoms with Crippen LogP contribution in [0.1, 0.15) is 11.1 Å². The molecule has 0 aliphatic carbocycles. The Morgan fingerprint density at radius 2 is 1.88 bits per heavy atom. The van der Waals surface area contributed by atoms with Gasteiger partial charge in [-0.1, -0.05) is 0 Å². The molecule has 1 aliphatic rings. The van der Waals surface area contributed by atoms with E-state index < -0.39 is 0 Å². The van der Waals surface area contributed by atoms with Crippen molar-refractivity contribution in [1.29, 1.82) is 0 Å². The van der Waals surface area contributed by atoms with Gasteiger partial charge in [0.1, 0.15) is 6.29 Å². The fraction of sp³-hybridized carbons (Fsp3) is 0.462. The molecule has 1 aromatic carbocycles. The van der Waals surface area contributed by atoms with Crippen molar-refractivity contribution in [2.75, 3.05) is 27.3 Å². The molecule has 0 radical (unpaired) electrons. The van der Waals surface area contributed by atoms with E-state index in [-0.39, 0.29) is 0 Å². The molecule has 0 aromatic heterocycles. The molecule has 0 bridgehead atoms. The van der Waals surface area contributed by atoms with Crippen molar-refractivity contribution in [3.8, 4) is 11.5 Å². The van der Waals surface area contributed by atoms with Gasteiger partial charge in [-0.2, -0.15) is 0 Å². The third-order valence-electron chi connectivity index (χ3n) is 3.13. The number of aldehydes is 1. The van der Waals surface area contributed by atoms with Crippen molar-refractivity contribution in [3.05, 3.63) is 23.3 Å². The lowest BCUT2D eigenvalue weighted by Crippen LogP contribution is -2.31. The van der Waals surface area contributed by atoms with Crippen LogP contribution in [0.2, 0.25) is 0 Å². The molecule has 4 heteroatoms. The summed E-state index contributed by atoms with van der Waals surface area (Å²) >= 11 is 0. The summed E-state index contributed by atoms with van der Waals surface area (Å²) < 4.78 is 10.6. The average Bonchev–Trinajstić information content (AvgIpc) is 2.37. The Morgan fingerprint density at radius 1 is 1.24 bits per heavy atom. The van der Waals surface area contributed by atoms with Gasteiger partial charge < -0.3 is 14.3 Å². The van der Waals surface area contributed by atoms with Gasteiger partial charge in [-0.25, -0.2) is 0 Å². The normalized spacial score (nSPS) is 15.2. The molecule has 0 amide bonds.